The van der Waals surface area contributed by atoms with Crippen LogP contribution in [0.15, 0.2) is 61.2 Å². The van der Waals surface area contributed by atoms with Crippen molar-refractivity contribution in [3.8, 4) is 11.1 Å². The van der Waals surface area contributed by atoms with Crippen molar-refractivity contribution in [2.45, 2.75) is 0 Å². The summed E-state index contributed by atoms with van der Waals surface area (Å²) in [5.74, 6) is 0.179. The number of thiophene rings is 1. The van der Waals surface area contributed by atoms with E-state index in [1.165, 1.54) is 11.3 Å². The maximum absolute atomic E-state index is 12.7. The Kier molecular flexibility index (Phi) is 3.83. The molecule has 7 heteroatoms. The van der Waals surface area contributed by atoms with E-state index >= 15 is 0 Å². The lowest BCUT2D eigenvalue weighted by Gasteiger charge is -2.12. The van der Waals surface area contributed by atoms with Gasteiger partial charge in [0.05, 0.1) is 4.88 Å². The molecule has 4 rings (SSSR count). The van der Waals surface area contributed by atoms with Crippen LogP contribution in [0.3, 0.4) is 0 Å². The molecule has 4 aromatic rings. The van der Waals surface area contributed by atoms with E-state index in [0.717, 1.165) is 15.8 Å². The molecule has 25 heavy (non-hydrogen) atoms. The number of pyridine rings is 3. The molecule has 0 aliphatic heterocycles. The molecule has 122 valence electrons. The molecular formula is C18H13N5OS. The van der Waals surface area contributed by atoms with E-state index in [-0.39, 0.29) is 5.91 Å². The van der Waals surface area contributed by atoms with Gasteiger partial charge in [-0.2, -0.15) is 0 Å². The molecule has 4 heterocycles. The Morgan fingerprint density at radius 1 is 1.04 bits per heavy atom. The SMILES string of the molecule is Nc1ccnc(NC(=O)c2cc3cccnc3s2)c1-c1ccncc1. The number of aromatic nitrogens is 3. The maximum Gasteiger partial charge on any atom is 0.266 e. The third-order valence-electron chi connectivity index (χ3n) is 3.70. The van der Waals surface area contributed by atoms with Gasteiger partial charge in [-0.25, -0.2) is 9.97 Å². The van der Waals surface area contributed by atoms with Crippen molar-refractivity contribution in [3.05, 3.63) is 66.1 Å². The zero-order chi connectivity index (χ0) is 17.2. The summed E-state index contributed by atoms with van der Waals surface area (Å²) in [6, 6.07) is 10.9. The first kappa shape index (κ1) is 15.2. The number of nitrogen functional groups attached to an aromatic ring is 1. The molecule has 4 aromatic heterocycles. The van der Waals surface area contributed by atoms with Crippen molar-refractivity contribution in [3.63, 3.8) is 0 Å². The molecule has 0 atom stereocenters. The van der Waals surface area contributed by atoms with Crippen molar-refractivity contribution in [2.24, 2.45) is 0 Å². The van der Waals surface area contributed by atoms with Gasteiger partial charge in [0.1, 0.15) is 10.6 Å². The van der Waals surface area contributed by atoms with Gasteiger partial charge in [-0.3, -0.25) is 9.78 Å². The van der Waals surface area contributed by atoms with E-state index in [4.69, 9.17) is 5.73 Å². The first-order valence-electron chi connectivity index (χ1n) is 7.53. The molecule has 0 radical (unpaired) electrons. The number of nitrogens with one attached hydrogen (secondary N) is 1. The third kappa shape index (κ3) is 2.92. The number of carbonyl (C=O) groups is 1. The highest BCUT2D eigenvalue weighted by atomic mass is 32.1. The Hall–Kier alpha value is -3.32. The molecule has 0 aromatic carbocycles. The molecule has 0 saturated heterocycles. The minimum Gasteiger partial charge on any atom is -0.398 e. The van der Waals surface area contributed by atoms with E-state index in [1.54, 1.807) is 30.9 Å². The van der Waals surface area contributed by atoms with Crippen molar-refractivity contribution in [1.82, 2.24) is 15.0 Å². The highest BCUT2D eigenvalue weighted by Gasteiger charge is 2.16. The van der Waals surface area contributed by atoms with Crippen LogP contribution >= 0.6 is 11.3 Å². The topological polar surface area (TPSA) is 93.8 Å². The Labute approximate surface area is 147 Å². The monoisotopic (exact) mass is 347 g/mol. The van der Waals surface area contributed by atoms with E-state index in [0.29, 0.717) is 21.9 Å². The zero-order valence-corrected chi connectivity index (χ0v) is 13.8. The van der Waals surface area contributed by atoms with E-state index in [2.05, 4.69) is 20.3 Å². The van der Waals surface area contributed by atoms with Crippen LogP contribution in [0.1, 0.15) is 9.67 Å². The summed E-state index contributed by atoms with van der Waals surface area (Å²) in [4.78, 5) is 26.6. The lowest BCUT2D eigenvalue weighted by atomic mass is 10.1. The summed E-state index contributed by atoms with van der Waals surface area (Å²) >= 11 is 1.34. The molecule has 6 nitrogen and oxygen atoms in total. The molecule has 0 saturated carbocycles. The molecule has 0 unspecified atom stereocenters. The van der Waals surface area contributed by atoms with Crippen LogP contribution in [0.5, 0.6) is 0 Å². The Morgan fingerprint density at radius 3 is 2.68 bits per heavy atom. The average Bonchev–Trinajstić information content (AvgIpc) is 3.07. The number of carbonyl (C=O) groups excluding carboxylic acids is 1. The fourth-order valence-electron chi connectivity index (χ4n) is 2.55. The van der Waals surface area contributed by atoms with Crippen molar-refractivity contribution < 1.29 is 4.79 Å². The first-order valence-corrected chi connectivity index (χ1v) is 8.35. The van der Waals surface area contributed by atoms with E-state index < -0.39 is 0 Å². The number of nitrogens with two attached hydrogens (primary N) is 1. The summed E-state index contributed by atoms with van der Waals surface area (Å²) in [6.45, 7) is 0. The lowest BCUT2D eigenvalue weighted by molar-refractivity contribution is 0.103. The number of hydrogen-bond acceptors (Lipinski definition) is 6. The maximum atomic E-state index is 12.7. The predicted octanol–water partition coefficient (Wildman–Crippen LogP) is 3.59. The largest absolute Gasteiger partial charge is 0.398 e. The van der Waals surface area contributed by atoms with Gasteiger partial charge in [0.2, 0.25) is 0 Å². The van der Waals surface area contributed by atoms with Gasteiger partial charge in [0.25, 0.3) is 5.91 Å². The van der Waals surface area contributed by atoms with Crippen LogP contribution < -0.4 is 11.1 Å². The summed E-state index contributed by atoms with van der Waals surface area (Å²) in [5, 5.41) is 3.80. The molecule has 0 spiro atoms. The first-order chi connectivity index (χ1) is 12.2. The second kappa shape index (κ2) is 6.29. The summed E-state index contributed by atoms with van der Waals surface area (Å²) in [7, 11) is 0. The standard InChI is InChI=1S/C18H13N5OS/c19-13-5-9-21-16(15(13)11-3-7-20-8-4-11)23-17(24)14-10-12-2-1-6-22-18(12)25-14/h1-10H,(H3,19,21,23,24). The van der Waals surface area contributed by atoms with Crippen molar-refractivity contribution in [1.29, 1.82) is 0 Å². The van der Waals surface area contributed by atoms with Crippen LogP contribution in [0.2, 0.25) is 0 Å². The Morgan fingerprint density at radius 2 is 1.88 bits per heavy atom. The van der Waals surface area contributed by atoms with Crippen LogP contribution in [-0.4, -0.2) is 20.9 Å². The minimum absolute atomic E-state index is 0.239. The van der Waals surface area contributed by atoms with Gasteiger partial charge in [0.15, 0.2) is 0 Å². The third-order valence-corrected chi connectivity index (χ3v) is 4.76. The highest BCUT2D eigenvalue weighted by molar-refractivity contribution is 7.20. The second-order valence-electron chi connectivity index (χ2n) is 5.32. The molecule has 0 fully saturated rings. The van der Waals surface area contributed by atoms with E-state index in [1.807, 2.05) is 30.3 Å². The Balaban J connectivity index is 1.71. The fourth-order valence-corrected chi connectivity index (χ4v) is 3.44. The number of anilines is 2. The van der Waals surface area contributed by atoms with Gasteiger partial charge in [-0.15, -0.1) is 11.3 Å². The van der Waals surface area contributed by atoms with Crippen LogP contribution in [0, 0.1) is 0 Å². The van der Waals surface area contributed by atoms with Gasteiger partial charge < -0.3 is 11.1 Å². The smallest absolute Gasteiger partial charge is 0.266 e. The molecule has 0 aliphatic rings. The summed E-state index contributed by atoms with van der Waals surface area (Å²) < 4.78 is 0. The summed E-state index contributed by atoms with van der Waals surface area (Å²) in [6.07, 6.45) is 6.62. The van der Waals surface area contributed by atoms with Crippen LogP contribution in [-0.2, 0) is 0 Å². The predicted molar refractivity (Wildman–Crippen MR) is 99.5 cm³/mol. The zero-order valence-electron chi connectivity index (χ0n) is 13.0. The van der Waals surface area contributed by atoms with E-state index in [9.17, 15) is 4.79 Å². The van der Waals surface area contributed by atoms with Crippen molar-refractivity contribution >= 4 is 39.0 Å². The lowest BCUT2D eigenvalue weighted by Crippen LogP contribution is -2.13. The van der Waals surface area contributed by atoms with Crippen LogP contribution in [0.4, 0.5) is 11.5 Å². The van der Waals surface area contributed by atoms with Gasteiger partial charge >= 0.3 is 0 Å². The number of nitrogens with zero attached hydrogens (tertiary/aromatic N) is 3. The molecule has 0 aliphatic carbocycles. The normalized spacial score (nSPS) is 10.7. The highest BCUT2D eigenvalue weighted by Crippen LogP contribution is 2.32. The molecule has 3 N–H and O–H groups in total. The second-order valence-corrected chi connectivity index (χ2v) is 6.35. The average molecular weight is 347 g/mol. The van der Waals surface area contributed by atoms with Crippen molar-refractivity contribution in [2.75, 3.05) is 11.1 Å². The fraction of sp³-hybridized carbons (Fsp3) is 0. The van der Waals surface area contributed by atoms with Gasteiger partial charge in [-0.1, -0.05) is 6.07 Å². The number of amides is 1. The van der Waals surface area contributed by atoms with Gasteiger partial charge in [-0.05, 0) is 35.9 Å². The quantitative estimate of drug-likeness (QED) is 0.591. The molecule has 1 amide bonds. The number of fused-ring (bicyclic) bond motifs is 1. The molecular weight excluding hydrogens is 334 g/mol. The molecule has 0 bridgehead atoms. The van der Waals surface area contributed by atoms with Gasteiger partial charge in [0, 0.05) is 41.4 Å². The Bertz CT molecular complexity index is 1030. The number of rotatable bonds is 3. The number of hydrogen-bond donors (Lipinski definition) is 2. The summed E-state index contributed by atoms with van der Waals surface area (Å²) in [5.41, 5.74) is 8.17. The van der Waals surface area contributed by atoms with Crippen LogP contribution in [0.25, 0.3) is 21.3 Å². The minimum atomic E-state index is -0.239.